The lowest BCUT2D eigenvalue weighted by atomic mass is 10.2. The highest BCUT2D eigenvalue weighted by molar-refractivity contribution is 14.1. The van der Waals surface area contributed by atoms with E-state index in [4.69, 9.17) is 4.52 Å². The maximum absolute atomic E-state index is 12.9. The third kappa shape index (κ3) is 2.51. The molecule has 3 rings (SSSR count). The second-order valence-corrected chi connectivity index (χ2v) is 5.34. The topological polar surface area (TPSA) is 59.2 Å². The van der Waals surface area contributed by atoms with Gasteiger partial charge in [-0.15, -0.1) is 0 Å². The van der Waals surface area contributed by atoms with Crippen LogP contribution in [0.5, 0.6) is 5.75 Å². The Morgan fingerprint density at radius 3 is 2.60 bits per heavy atom. The summed E-state index contributed by atoms with van der Waals surface area (Å²) in [4.78, 5) is 4.22. The monoisotopic (exact) mass is 382 g/mol. The SMILES string of the molecule is Oc1ccc(I)cc1-c1nc(-c2ccc(F)cc2)no1. The van der Waals surface area contributed by atoms with Gasteiger partial charge in [-0.25, -0.2) is 4.39 Å². The summed E-state index contributed by atoms with van der Waals surface area (Å²) in [5.74, 6) is 0.311. The standard InChI is InChI=1S/C14H8FIN2O2/c15-9-3-1-8(2-4-9)13-17-14(20-18-13)11-7-10(16)5-6-12(11)19/h1-7,19H. The van der Waals surface area contributed by atoms with Gasteiger partial charge in [0.2, 0.25) is 5.82 Å². The van der Waals surface area contributed by atoms with Crippen molar-refractivity contribution in [2.24, 2.45) is 0 Å². The quantitative estimate of drug-likeness (QED) is 0.684. The molecular formula is C14H8FIN2O2. The number of benzene rings is 2. The number of hydrogen-bond acceptors (Lipinski definition) is 4. The van der Waals surface area contributed by atoms with Crippen LogP contribution in [-0.2, 0) is 0 Å². The highest BCUT2D eigenvalue weighted by atomic mass is 127. The zero-order valence-electron chi connectivity index (χ0n) is 10.0. The molecule has 0 aliphatic heterocycles. The molecule has 0 unspecified atom stereocenters. The molecule has 100 valence electrons. The molecule has 0 aliphatic carbocycles. The molecule has 3 aromatic rings. The summed E-state index contributed by atoms with van der Waals surface area (Å²) in [6.45, 7) is 0. The Hall–Kier alpha value is -1.96. The van der Waals surface area contributed by atoms with Crippen molar-refractivity contribution >= 4 is 22.6 Å². The molecular weight excluding hydrogens is 374 g/mol. The van der Waals surface area contributed by atoms with E-state index in [0.29, 0.717) is 17.0 Å². The van der Waals surface area contributed by atoms with Gasteiger partial charge >= 0.3 is 0 Å². The first-order valence-corrected chi connectivity index (χ1v) is 6.80. The summed E-state index contributed by atoms with van der Waals surface area (Å²) in [5, 5.41) is 13.7. The molecule has 0 bridgehead atoms. The zero-order valence-corrected chi connectivity index (χ0v) is 12.2. The van der Waals surface area contributed by atoms with Gasteiger partial charge in [-0.1, -0.05) is 5.16 Å². The minimum absolute atomic E-state index is 0.0692. The molecule has 0 atom stereocenters. The summed E-state index contributed by atoms with van der Waals surface area (Å²) in [6, 6.07) is 10.9. The number of phenols is 1. The number of aromatic hydroxyl groups is 1. The Balaban J connectivity index is 2.01. The number of rotatable bonds is 2. The van der Waals surface area contributed by atoms with Gasteiger partial charge in [-0.3, -0.25) is 0 Å². The smallest absolute Gasteiger partial charge is 0.262 e. The minimum atomic E-state index is -0.326. The molecule has 0 fully saturated rings. The van der Waals surface area contributed by atoms with E-state index in [1.807, 2.05) is 0 Å². The van der Waals surface area contributed by atoms with Crippen LogP contribution in [-0.4, -0.2) is 15.2 Å². The summed E-state index contributed by atoms with van der Waals surface area (Å²) in [5.41, 5.74) is 1.12. The van der Waals surface area contributed by atoms with E-state index in [9.17, 15) is 9.50 Å². The van der Waals surface area contributed by atoms with Crippen molar-refractivity contribution in [3.8, 4) is 28.6 Å². The van der Waals surface area contributed by atoms with Crippen LogP contribution in [0.4, 0.5) is 4.39 Å². The van der Waals surface area contributed by atoms with Crippen LogP contribution in [0, 0.1) is 9.39 Å². The Morgan fingerprint density at radius 2 is 1.85 bits per heavy atom. The molecule has 0 radical (unpaired) electrons. The lowest BCUT2D eigenvalue weighted by Gasteiger charge is -1.99. The summed E-state index contributed by atoms with van der Waals surface area (Å²) >= 11 is 2.13. The van der Waals surface area contributed by atoms with E-state index in [2.05, 4.69) is 32.7 Å². The molecule has 0 amide bonds. The van der Waals surface area contributed by atoms with Gasteiger partial charge in [0.1, 0.15) is 11.6 Å². The van der Waals surface area contributed by atoms with E-state index in [1.54, 1.807) is 30.3 Å². The van der Waals surface area contributed by atoms with Crippen LogP contribution >= 0.6 is 22.6 Å². The second kappa shape index (κ2) is 5.20. The Labute approximate surface area is 127 Å². The van der Waals surface area contributed by atoms with Crippen LogP contribution in [0.3, 0.4) is 0 Å². The predicted octanol–water partition coefficient (Wildman–Crippen LogP) is 3.85. The van der Waals surface area contributed by atoms with Gasteiger partial charge in [-0.2, -0.15) is 4.98 Å². The molecule has 1 heterocycles. The zero-order chi connectivity index (χ0) is 14.1. The van der Waals surface area contributed by atoms with Crippen molar-refractivity contribution in [3.05, 3.63) is 51.9 Å². The number of nitrogens with zero attached hydrogens (tertiary/aromatic N) is 2. The van der Waals surface area contributed by atoms with Gasteiger partial charge in [0.05, 0.1) is 5.56 Å². The normalized spacial score (nSPS) is 10.7. The lowest BCUT2D eigenvalue weighted by molar-refractivity contribution is 0.425. The molecule has 1 aromatic heterocycles. The third-order valence-electron chi connectivity index (χ3n) is 2.72. The largest absolute Gasteiger partial charge is 0.507 e. The van der Waals surface area contributed by atoms with Crippen molar-refractivity contribution in [1.29, 1.82) is 0 Å². The molecule has 4 nitrogen and oxygen atoms in total. The third-order valence-corrected chi connectivity index (χ3v) is 3.39. The lowest BCUT2D eigenvalue weighted by Crippen LogP contribution is -1.83. The average molecular weight is 382 g/mol. The van der Waals surface area contributed by atoms with Crippen molar-refractivity contribution < 1.29 is 14.0 Å². The molecule has 6 heteroatoms. The molecule has 0 aliphatic rings. The Kier molecular flexibility index (Phi) is 3.39. The first-order valence-electron chi connectivity index (χ1n) is 5.72. The highest BCUT2D eigenvalue weighted by Gasteiger charge is 2.14. The van der Waals surface area contributed by atoms with E-state index in [-0.39, 0.29) is 17.5 Å². The average Bonchev–Trinajstić information content (AvgIpc) is 2.92. The molecule has 2 aromatic carbocycles. The van der Waals surface area contributed by atoms with Crippen LogP contribution < -0.4 is 0 Å². The maximum atomic E-state index is 12.9. The number of aromatic nitrogens is 2. The molecule has 1 N–H and O–H groups in total. The predicted molar refractivity (Wildman–Crippen MR) is 79.5 cm³/mol. The number of phenolic OH excluding ortho intramolecular Hbond substituents is 1. The number of halogens is 2. The fraction of sp³-hybridized carbons (Fsp3) is 0. The first-order chi connectivity index (χ1) is 9.63. The Bertz CT molecular complexity index is 756. The summed E-state index contributed by atoms with van der Waals surface area (Å²) in [7, 11) is 0. The van der Waals surface area contributed by atoms with Crippen molar-refractivity contribution in [2.45, 2.75) is 0 Å². The van der Waals surface area contributed by atoms with Gasteiger partial charge in [0, 0.05) is 9.13 Å². The summed E-state index contributed by atoms with van der Waals surface area (Å²) in [6.07, 6.45) is 0. The van der Waals surface area contributed by atoms with E-state index in [1.165, 1.54) is 12.1 Å². The van der Waals surface area contributed by atoms with Gasteiger partial charge < -0.3 is 9.63 Å². The van der Waals surface area contributed by atoms with Gasteiger partial charge in [-0.05, 0) is 65.1 Å². The van der Waals surface area contributed by atoms with Crippen molar-refractivity contribution in [3.63, 3.8) is 0 Å². The van der Waals surface area contributed by atoms with E-state index >= 15 is 0 Å². The van der Waals surface area contributed by atoms with Gasteiger partial charge in [0.25, 0.3) is 5.89 Å². The fourth-order valence-corrected chi connectivity index (χ4v) is 2.22. The van der Waals surface area contributed by atoms with E-state index < -0.39 is 0 Å². The second-order valence-electron chi connectivity index (χ2n) is 4.09. The summed E-state index contributed by atoms with van der Waals surface area (Å²) < 4.78 is 19.0. The highest BCUT2D eigenvalue weighted by Crippen LogP contribution is 2.30. The minimum Gasteiger partial charge on any atom is -0.507 e. The van der Waals surface area contributed by atoms with Crippen LogP contribution in [0.1, 0.15) is 0 Å². The van der Waals surface area contributed by atoms with Crippen LogP contribution in [0.15, 0.2) is 47.0 Å². The maximum Gasteiger partial charge on any atom is 0.262 e. The fourth-order valence-electron chi connectivity index (χ4n) is 1.73. The molecule has 20 heavy (non-hydrogen) atoms. The molecule has 0 saturated heterocycles. The molecule has 0 spiro atoms. The van der Waals surface area contributed by atoms with Crippen molar-refractivity contribution in [2.75, 3.05) is 0 Å². The first kappa shape index (κ1) is 13.0. The van der Waals surface area contributed by atoms with E-state index in [0.717, 1.165) is 3.57 Å². The van der Waals surface area contributed by atoms with Gasteiger partial charge in [0.15, 0.2) is 0 Å². The molecule has 0 saturated carbocycles. The van der Waals surface area contributed by atoms with Crippen molar-refractivity contribution in [1.82, 2.24) is 10.1 Å². The Morgan fingerprint density at radius 1 is 1.10 bits per heavy atom. The van der Waals surface area contributed by atoms with Crippen LogP contribution in [0.25, 0.3) is 22.8 Å². The number of hydrogen-bond donors (Lipinski definition) is 1. The van der Waals surface area contributed by atoms with Crippen LogP contribution in [0.2, 0.25) is 0 Å².